The molecule has 0 aliphatic heterocycles. The van der Waals surface area contributed by atoms with Crippen molar-refractivity contribution >= 4 is 17.6 Å². The lowest BCUT2D eigenvalue weighted by atomic mass is 10.2. The topological polar surface area (TPSA) is 92.3 Å². The minimum absolute atomic E-state index is 0.000710. The van der Waals surface area contributed by atoms with Crippen LogP contribution in [0.25, 0.3) is 0 Å². The Bertz CT molecular complexity index is 905. The number of anilines is 1. The summed E-state index contributed by atoms with van der Waals surface area (Å²) in [5.41, 5.74) is 0.412. The van der Waals surface area contributed by atoms with Crippen molar-refractivity contribution in [3.63, 3.8) is 0 Å². The lowest BCUT2D eigenvalue weighted by molar-refractivity contribution is -0.123. The van der Waals surface area contributed by atoms with Gasteiger partial charge in [-0.05, 0) is 37.3 Å². The smallest absolute Gasteiger partial charge is 0.387 e. The Morgan fingerprint density at radius 2 is 1.47 bits per heavy atom. The van der Waals surface area contributed by atoms with Crippen molar-refractivity contribution in [2.24, 2.45) is 0 Å². The van der Waals surface area contributed by atoms with Crippen LogP contribution in [-0.4, -0.2) is 45.9 Å². The molecule has 30 heavy (non-hydrogen) atoms. The van der Waals surface area contributed by atoms with E-state index in [1.54, 1.807) is 18.2 Å². The third-order valence-electron chi connectivity index (χ3n) is 3.92. The second-order valence-corrected chi connectivity index (χ2v) is 5.85. The number of alkyl halides is 2. The second kappa shape index (κ2) is 10.3. The largest absolute Gasteiger partial charge is 0.493 e. The van der Waals surface area contributed by atoms with Crippen LogP contribution in [-0.2, 0) is 9.53 Å². The van der Waals surface area contributed by atoms with Crippen LogP contribution in [0.4, 0.5) is 14.5 Å². The van der Waals surface area contributed by atoms with Crippen molar-refractivity contribution in [3.8, 4) is 23.0 Å². The highest BCUT2D eigenvalue weighted by Crippen LogP contribution is 2.31. The maximum atomic E-state index is 12.4. The zero-order valence-electron chi connectivity index (χ0n) is 16.7. The molecule has 1 unspecified atom stereocenters. The first-order valence-electron chi connectivity index (χ1n) is 8.65. The molecule has 8 nitrogen and oxygen atoms in total. The lowest BCUT2D eigenvalue weighted by Crippen LogP contribution is -2.30. The van der Waals surface area contributed by atoms with Gasteiger partial charge in [0.05, 0.1) is 26.9 Å². The summed E-state index contributed by atoms with van der Waals surface area (Å²) in [6.07, 6.45) is -1.14. The molecule has 2 aromatic rings. The van der Waals surface area contributed by atoms with Gasteiger partial charge in [0.2, 0.25) is 0 Å². The number of carbonyl (C=O) groups is 2. The number of esters is 1. The van der Waals surface area contributed by atoms with Crippen LogP contribution in [0.3, 0.4) is 0 Å². The summed E-state index contributed by atoms with van der Waals surface area (Å²) < 4.78 is 49.5. The van der Waals surface area contributed by atoms with Gasteiger partial charge in [-0.15, -0.1) is 0 Å². The Balaban J connectivity index is 2.05. The van der Waals surface area contributed by atoms with E-state index < -0.39 is 24.6 Å². The zero-order chi connectivity index (χ0) is 22.3. The van der Waals surface area contributed by atoms with Crippen LogP contribution in [0.2, 0.25) is 0 Å². The number of ether oxygens (including phenoxy) is 5. The Morgan fingerprint density at radius 3 is 2.07 bits per heavy atom. The zero-order valence-corrected chi connectivity index (χ0v) is 16.7. The van der Waals surface area contributed by atoms with E-state index in [-0.39, 0.29) is 17.1 Å². The van der Waals surface area contributed by atoms with Crippen LogP contribution >= 0.6 is 0 Å². The van der Waals surface area contributed by atoms with E-state index in [2.05, 4.69) is 10.1 Å². The Kier molecular flexibility index (Phi) is 7.79. The monoisotopic (exact) mass is 425 g/mol. The van der Waals surface area contributed by atoms with Gasteiger partial charge in [-0.1, -0.05) is 0 Å². The molecule has 0 aliphatic carbocycles. The minimum atomic E-state index is -3.04. The number of hydrogen-bond donors (Lipinski definition) is 1. The van der Waals surface area contributed by atoms with Crippen LogP contribution in [0.1, 0.15) is 17.3 Å². The van der Waals surface area contributed by atoms with Gasteiger partial charge in [0, 0.05) is 11.8 Å². The number of halogens is 2. The summed E-state index contributed by atoms with van der Waals surface area (Å²) in [6, 6.07) is 8.31. The fraction of sp³-hybridized carbons (Fsp3) is 0.300. The van der Waals surface area contributed by atoms with E-state index in [9.17, 15) is 18.4 Å². The minimum Gasteiger partial charge on any atom is -0.493 e. The highest BCUT2D eigenvalue weighted by Gasteiger charge is 2.21. The first kappa shape index (κ1) is 22.7. The third-order valence-corrected chi connectivity index (χ3v) is 3.92. The van der Waals surface area contributed by atoms with E-state index in [0.717, 1.165) is 6.07 Å². The summed E-state index contributed by atoms with van der Waals surface area (Å²) in [5.74, 6) is -0.830. The van der Waals surface area contributed by atoms with E-state index in [4.69, 9.17) is 18.9 Å². The van der Waals surface area contributed by atoms with E-state index in [1.807, 2.05) is 0 Å². The standard InChI is InChI=1S/C20H21F2NO7/c1-11(18(24)23-13-6-8-14(26-2)17(10-13)28-4)29-19(25)12-5-7-15(30-20(21)22)16(9-12)27-3/h5-11,20H,1-4H3,(H,23,24). The predicted molar refractivity (Wildman–Crippen MR) is 103 cm³/mol. The first-order valence-corrected chi connectivity index (χ1v) is 8.65. The summed E-state index contributed by atoms with van der Waals surface area (Å²) in [4.78, 5) is 24.7. The van der Waals surface area contributed by atoms with Crippen LogP contribution in [0.5, 0.6) is 23.0 Å². The average molecular weight is 425 g/mol. The van der Waals surface area contributed by atoms with Gasteiger partial charge >= 0.3 is 12.6 Å². The Hall–Kier alpha value is -3.56. The van der Waals surface area contributed by atoms with Crippen LogP contribution < -0.4 is 24.3 Å². The van der Waals surface area contributed by atoms with E-state index in [1.165, 1.54) is 40.4 Å². The maximum Gasteiger partial charge on any atom is 0.387 e. The first-order chi connectivity index (χ1) is 14.3. The summed E-state index contributed by atoms with van der Waals surface area (Å²) >= 11 is 0. The highest BCUT2D eigenvalue weighted by molar-refractivity contribution is 5.97. The van der Waals surface area contributed by atoms with Crippen LogP contribution in [0.15, 0.2) is 36.4 Å². The van der Waals surface area contributed by atoms with Crippen molar-refractivity contribution in [2.45, 2.75) is 19.6 Å². The maximum absolute atomic E-state index is 12.4. The molecule has 1 atom stereocenters. The van der Waals surface area contributed by atoms with Gasteiger partial charge in [-0.2, -0.15) is 8.78 Å². The van der Waals surface area contributed by atoms with Crippen molar-refractivity contribution in [2.75, 3.05) is 26.6 Å². The SMILES string of the molecule is COc1ccc(NC(=O)C(C)OC(=O)c2ccc(OC(F)F)c(OC)c2)cc1OC. The highest BCUT2D eigenvalue weighted by atomic mass is 19.3. The molecule has 0 saturated carbocycles. The number of benzene rings is 2. The predicted octanol–water partition coefficient (Wildman–Crippen LogP) is 3.50. The quantitative estimate of drug-likeness (QED) is 0.615. The molecule has 0 radical (unpaired) electrons. The summed E-state index contributed by atoms with van der Waals surface area (Å²) in [5, 5.41) is 2.60. The molecular weight excluding hydrogens is 404 g/mol. The normalized spacial score (nSPS) is 11.4. The molecule has 2 aromatic carbocycles. The van der Waals surface area contributed by atoms with Crippen molar-refractivity contribution < 1.29 is 42.1 Å². The molecule has 162 valence electrons. The third kappa shape index (κ3) is 5.72. The molecule has 0 fully saturated rings. The van der Waals surface area contributed by atoms with Gasteiger partial charge in [-0.3, -0.25) is 4.79 Å². The number of amides is 1. The molecule has 0 aromatic heterocycles. The summed E-state index contributed by atoms with van der Waals surface area (Å²) in [7, 11) is 4.18. The van der Waals surface area contributed by atoms with Crippen molar-refractivity contribution in [1.82, 2.24) is 0 Å². The number of hydrogen-bond acceptors (Lipinski definition) is 7. The summed E-state index contributed by atoms with van der Waals surface area (Å²) in [6.45, 7) is -1.66. The van der Waals surface area contributed by atoms with Gasteiger partial charge < -0.3 is 29.0 Å². The number of rotatable bonds is 9. The van der Waals surface area contributed by atoms with Gasteiger partial charge in [0.1, 0.15) is 0 Å². The van der Waals surface area contributed by atoms with E-state index in [0.29, 0.717) is 17.2 Å². The number of nitrogens with one attached hydrogen (secondary N) is 1. The Morgan fingerprint density at radius 1 is 0.867 bits per heavy atom. The average Bonchev–Trinajstić information content (AvgIpc) is 2.73. The van der Waals surface area contributed by atoms with Crippen LogP contribution in [0, 0.1) is 0 Å². The molecule has 0 aliphatic rings. The molecule has 2 rings (SSSR count). The molecule has 10 heteroatoms. The molecular formula is C20H21F2NO7. The van der Waals surface area contributed by atoms with Crippen molar-refractivity contribution in [3.05, 3.63) is 42.0 Å². The number of methoxy groups -OCH3 is 3. The molecule has 0 spiro atoms. The molecule has 0 bridgehead atoms. The Labute approximate surface area is 171 Å². The van der Waals surface area contributed by atoms with Gasteiger partial charge in [0.15, 0.2) is 29.1 Å². The second-order valence-electron chi connectivity index (χ2n) is 5.85. The van der Waals surface area contributed by atoms with Crippen molar-refractivity contribution in [1.29, 1.82) is 0 Å². The molecule has 0 heterocycles. The van der Waals surface area contributed by atoms with Gasteiger partial charge in [0.25, 0.3) is 5.91 Å². The molecule has 1 amide bonds. The van der Waals surface area contributed by atoms with E-state index >= 15 is 0 Å². The molecule has 0 saturated heterocycles. The van der Waals surface area contributed by atoms with Gasteiger partial charge in [-0.25, -0.2) is 4.79 Å². The molecule has 1 N–H and O–H groups in total. The fourth-order valence-electron chi connectivity index (χ4n) is 2.43. The lowest BCUT2D eigenvalue weighted by Gasteiger charge is -2.15. The fourth-order valence-corrected chi connectivity index (χ4v) is 2.43. The number of carbonyl (C=O) groups excluding carboxylic acids is 2.